The van der Waals surface area contributed by atoms with Gasteiger partial charge in [-0.15, -0.1) is 0 Å². The van der Waals surface area contributed by atoms with E-state index < -0.39 is 0 Å². The summed E-state index contributed by atoms with van der Waals surface area (Å²) < 4.78 is 12.7. The lowest BCUT2D eigenvalue weighted by molar-refractivity contribution is 0.266. The molecule has 2 atom stereocenters. The van der Waals surface area contributed by atoms with E-state index in [2.05, 4.69) is 30.1 Å². The minimum Gasteiger partial charge on any atom is -0.323 e. The van der Waals surface area contributed by atoms with Crippen LogP contribution in [0.2, 0.25) is 0 Å². The summed E-state index contributed by atoms with van der Waals surface area (Å²) in [4.78, 5) is 6.31. The Morgan fingerprint density at radius 2 is 2.22 bits per heavy atom. The van der Waals surface area contributed by atoms with Gasteiger partial charge in [0.25, 0.3) is 0 Å². The summed E-state index contributed by atoms with van der Waals surface area (Å²) in [5.74, 6) is 0.789. The van der Waals surface area contributed by atoms with E-state index in [9.17, 15) is 4.39 Å². The van der Waals surface area contributed by atoms with E-state index in [0.717, 1.165) is 24.4 Å². The van der Waals surface area contributed by atoms with Gasteiger partial charge in [-0.2, -0.15) is 11.8 Å². The van der Waals surface area contributed by atoms with Crippen molar-refractivity contribution >= 4 is 11.8 Å². The van der Waals surface area contributed by atoms with Crippen LogP contribution in [0.25, 0.3) is 0 Å². The molecule has 0 spiro atoms. The van der Waals surface area contributed by atoms with Gasteiger partial charge in [0.15, 0.2) is 0 Å². The average Bonchev–Trinajstić information content (AvgIpc) is 2.36. The summed E-state index contributed by atoms with van der Waals surface area (Å²) >= 11 is 1.84. The van der Waals surface area contributed by atoms with Gasteiger partial charge in [-0.25, -0.2) is 4.39 Å². The van der Waals surface area contributed by atoms with Gasteiger partial charge in [-0.3, -0.25) is 4.98 Å². The van der Waals surface area contributed by atoms with Gasteiger partial charge in [-0.05, 0) is 38.8 Å². The maximum atomic E-state index is 12.7. The molecule has 1 rings (SSSR count). The van der Waals surface area contributed by atoms with Gasteiger partial charge in [0.2, 0.25) is 0 Å². The van der Waals surface area contributed by atoms with E-state index in [1.54, 1.807) is 6.07 Å². The quantitative estimate of drug-likeness (QED) is 0.826. The summed E-state index contributed by atoms with van der Waals surface area (Å²) in [5, 5.41) is 0. The molecule has 2 N–H and O–H groups in total. The second-order valence-corrected chi connectivity index (χ2v) is 5.49. The third kappa shape index (κ3) is 4.92. The second kappa shape index (κ2) is 7.71. The van der Waals surface area contributed by atoms with Crippen LogP contribution >= 0.6 is 11.8 Å². The smallest absolute Gasteiger partial charge is 0.141 e. The number of nitrogens with zero attached hydrogens (tertiary/aromatic N) is 2. The molecule has 0 bridgehead atoms. The normalized spacial score (nSPS) is 14.8. The highest BCUT2D eigenvalue weighted by atomic mass is 32.2. The molecule has 0 aromatic carbocycles. The summed E-state index contributed by atoms with van der Waals surface area (Å²) in [6.07, 6.45) is 4.15. The Morgan fingerprint density at radius 3 is 2.78 bits per heavy atom. The van der Waals surface area contributed by atoms with Crippen LogP contribution in [0.1, 0.15) is 25.1 Å². The van der Waals surface area contributed by atoms with Crippen LogP contribution < -0.4 is 5.73 Å². The number of pyridine rings is 1. The second-order valence-electron chi connectivity index (χ2n) is 4.58. The van der Waals surface area contributed by atoms with Crippen molar-refractivity contribution in [1.29, 1.82) is 0 Å². The number of hydrogen-bond acceptors (Lipinski definition) is 4. The van der Waals surface area contributed by atoms with Gasteiger partial charge < -0.3 is 10.6 Å². The molecule has 0 aliphatic heterocycles. The fraction of sp³-hybridized carbons (Fsp3) is 0.615. The number of rotatable bonds is 7. The molecule has 1 heterocycles. The van der Waals surface area contributed by atoms with Crippen LogP contribution in [0.5, 0.6) is 0 Å². The first kappa shape index (κ1) is 15.4. The van der Waals surface area contributed by atoms with E-state index in [4.69, 9.17) is 5.73 Å². The lowest BCUT2D eigenvalue weighted by Crippen LogP contribution is -2.33. The first-order chi connectivity index (χ1) is 8.54. The van der Waals surface area contributed by atoms with Crippen molar-refractivity contribution in [2.24, 2.45) is 5.73 Å². The molecule has 0 radical (unpaired) electrons. The lowest BCUT2D eigenvalue weighted by Gasteiger charge is -2.25. The topological polar surface area (TPSA) is 42.1 Å². The SMILES string of the molecule is CSCC(C)N(C)CCC(N)c1ccc(F)cn1. The molecule has 102 valence electrons. The zero-order valence-corrected chi connectivity index (χ0v) is 12.1. The molecule has 1 aromatic heterocycles. The summed E-state index contributed by atoms with van der Waals surface area (Å²) in [5.41, 5.74) is 6.80. The Bertz CT molecular complexity index is 345. The number of nitrogens with two attached hydrogens (primary N) is 1. The predicted octanol–water partition coefficient (Wildman–Crippen LogP) is 2.29. The first-order valence-electron chi connectivity index (χ1n) is 6.10. The molecule has 2 unspecified atom stereocenters. The van der Waals surface area contributed by atoms with E-state index in [-0.39, 0.29) is 11.9 Å². The maximum absolute atomic E-state index is 12.7. The molecule has 0 saturated carbocycles. The molecule has 0 aliphatic rings. The average molecular weight is 271 g/mol. The van der Waals surface area contributed by atoms with E-state index in [1.165, 1.54) is 12.3 Å². The van der Waals surface area contributed by atoms with Gasteiger partial charge in [0.1, 0.15) is 5.82 Å². The Morgan fingerprint density at radius 1 is 1.50 bits per heavy atom. The first-order valence-corrected chi connectivity index (χ1v) is 7.50. The minimum atomic E-state index is -0.323. The van der Waals surface area contributed by atoms with Crippen LogP contribution in [0.15, 0.2) is 18.3 Å². The van der Waals surface area contributed by atoms with E-state index in [1.807, 2.05) is 11.8 Å². The van der Waals surface area contributed by atoms with Crippen molar-refractivity contribution in [3.63, 3.8) is 0 Å². The molecule has 1 aromatic rings. The number of hydrogen-bond donors (Lipinski definition) is 1. The minimum absolute atomic E-state index is 0.130. The van der Waals surface area contributed by atoms with E-state index >= 15 is 0 Å². The summed E-state index contributed by atoms with van der Waals surface area (Å²) in [6, 6.07) is 3.47. The van der Waals surface area contributed by atoms with Crippen molar-refractivity contribution in [2.75, 3.05) is 25.6 Å². The van der Waals surface area contributed by atoms with Crippen molar-refractivity contribution < 1.29 is 4.39 Å². The van der Waals surface area contributed by atoms with Crippen molar-refractivity contribution in [1.82, 2.24) is 9.88 Å². The molecular formula is C13H22FN3S. The van der Waals surface area contributed by atoms with Crippen LogP contribution in [-0.2, 0) is 0 Å². The van der Waals surface area contributed by atoms with Gasteiger partial charge in [-0.1, -0.05) is 0 Å². The van der Waals surface area contributed by atoms with Crippen molar-refractivity contribution in [2.45, 2.75) is 25.4 Å². The molecule has 0 amide bonds. The fourth-order valence-electron chi connectivity index (χ4n) is 1.69. The Balaban J connectivity index is 2.41. The summed E-state index contributed by atoms with van der Waals surface area (Å²) in [6.45, 7) is 3.13. The molecule has 0 aliphatic carbocycles. The third-order valence-electron chi connectivity index (χ3n) is 3.08. The molecule has 3 nitrogen and oxygen atoms in total. The molecule has 18 heavy (non-hydrogen) atoms. The van der Waals surface area contributed by atoms with Gasteiger partial charge >= 0.3 is 0 Å². The number of thioether (sulfide) groups is 1. The Labute approximate surface area is 113 Å². The van der Waals surface area contributed by atoms with Crippen LogP contribution in [0, 0.1) is 5.82 Å². The fourth-order valence-corrected chi connectivity index (χ4v) is 2.42. The van der Waals surface area contributed by atoms with Crippen molar-refractivity contribution in [3.8, 4) is 0 Å². The Hall–Kier alpha value is -0.650. The number of halogens is 1. The van der Waals surface area contributed by atoms with Crippen LogP contribution in [0.3, 0.4) is 0 Å². The lowest BCUT2D eigenvalue weighted by atomic mass is 10.1. The van der Waals surface area contributed by atoms with Crippen LogP contribution in [-0.4, -0.2) is 41.5 Å². The molecule has 0 saturated heterocycles. The third-order valence-corrected chi connectivity index (χ3v) is 3.90. The van der Waals surface area contributed by atoms with Crippen LogP contribution in [0.4, 0.5) is 4.39 Å². The number of aromatic nitrogens is 1. The highest BCUT2D eigenvalue weighted by Gasteiger charge is 2.12. The Kier molecular flexibility index (Phi) is 6.60. The maximum Gasteiger partial charge on any atom is 0.141 e. The largest absolute Gasteiger partial charge is 0.323 e. The molecule has 0 fully saturated rings. The molecular weight excluding hydrogens is 249 g/mol. The monoisotopic (exact) mass is 271 g/mol. The zero-order valence-electron chi connectivity index (χ0n) is 11.3. The highest BCUT2D eigenvalue weighted by molar-refractivity contribution is 7.98. The van der Waals surface area contributed by atoms with Gasteiger partial charge in [0, 0.05) is 24.4 Å². The molecule has 5 heteroatoms. The van der Waals surface area contributed by atoms with Crippen molar-refractivity contribution in [3.05, 3.63) is 29.8 Å². The predicted molar refractivity (Wildman–Crippen MR) is 76.2 cm³/mol. The highest BCUT2D eigenvalue weighted by Crippen LogP contribution is 2.13. The van der Waals surface area contributed by atoms with E-state index in [0.29, 0.717) is 6.04 Å². The summed E-state index contributed by atoms with van der Waals surface area (Å²) in [7, 11) is 2.10. The zero-order chi connectivity index (χ0) is 13.5. The standard InChI is InChI=1S/C13H22FN3S/c1-10(9-18-3)17(2)7-6-12(15)13-5-4-11(14)8-16-13/h4-5,8,10,12H,6-7,9,15H2,1-3H3. The van der Waals surface area contributed by atoms with Gasteiger partial charge in [0.05, 0.1) is 11.9 Å².